The van der Waals surface area contributed by atoms with Gasteiger partial charge in [0.1, 0.15) is 0 Å². The summed E-state index contributed by atoms with van der Waals surface area (Å²) in [5.41, 5.74) is 0. The number of piperidine rings is 1. The lowest BCUT2D eigenvalue weighted by Crippen LogP contribution is -2.52. The van der Waals surface area contributed by atoms with E-state index in [1.165, 1.54) is 12.8 Å². The van der Waals surface area contributed by atoms with Crippen LogP contribution in [0.15, 0.2) is 0 Å². The van der Waals surface area contributed by atoms with Crippen molar-refractivity contribution in [2.24, 2.45) is 0 Å². The van der Waals surface area contributed by atoms with Gasteiger partial charge in [-0.05, 0) is 39.0 Å². The fourth-order valence-corrected chi connectivity index (χ4v) is 3.25. The van der Waals surface area contributed by atoms with Gasteiger partial charge in [0.15, 0.2) is 0 Å². The molecule has 0 aliphatic carbocycles. The van der Waals surface area contributed by atoms with Crippen LogP contribution in [0.2, 0.25) is 0 Å². The van der Waals surface area contributed by atoms with Gasteiger partial charge in [-0.1, -0.05) is 12.8 Å². The molecule has 106 valence electrons. The van der Waals surface area contributed by atoms with Crippen LogP contribution in [0, 0.1) is 11.3 Å². The maximum Gasteiger partial charge on any atom is 0.239 e. The standard InChI is InChI=1S/C15H25N3O/c1-13(18-11-7-4-8-14(18)12-16)15(19)17-9-5-2-3-6-10-17/h13-14H,2-11H2,1H3. The zero-order valence-corrected chi connectivity index (χ0v) is 12.0. The van der Waals surface area contributed by atoms with Crippen LogP contribution in [0.25, 0.3) is 0 Å². The summed E-state index contributed by atoms with van der Waals surface area (Å²) in [6.45, 7) is 4.66. The maximum absolute atomic E-state index is 12.6. The van der Waals surface area contributed by atoms with Crippen molar-refractivity contribution in [3.63, 3.8) is 0 Å². The highest BCUT2D eigenvalue weighted by atomic mass is 16.2. The summed E-state index contributed by atoms with van der Waals surface area (Å²) in [5, 5.41) is 9.23. The number of nitrogens with zero attached hydrogens (tertiary/aromatic N) is 3. The van der Waals surface area contributed by atoms with E-state index in [0.717, 1.165) is 51.7 Å². The first-order chi connectivity index (χ1) is 9.24. The summed E-state index contributed by atoms with van der Waals surface area (Å²) in [6, 6.07) is 2.15. The molecule has 2 saturated heterocycles. The molecule has 0 aromatic heterocycles. The molecule has 2 aliphatic heterocycles. The van der Waals surface area contributed by atoms with Crippen LogP contribution < -0.4 is 0 Å². The van der Waals surface area contributed by atoms with E-state index in [4.69, 9.17) is 0 Å². The molecule has 19 heavy (non-hydrogen) atoms. The van der Waals surface area contributed by atoms with Crippen LogP contribution in [0.1, 0.15) is 51.9 Å². The second-order valence-electron chi connectivity index (χ2n) is 5.79. The minimum atomic E-state index is -0.136. The molecule has 2 atom stereocenters. The fourth-order valence-electron chi connectivity index (χ4n) is 3.25. The van der Waals surface area contributed by atoms with E-state index in [9.17, 15) is 10.1 Å². The summed E-state index contributed by atoms with van der Waals surface area (Å²) >= 11 is 0. The van der Waals surface area contributed by atoms with Crippen LogP contribution in [0.4, 0.5) is 0 Å². The van der Waals surface area contributed by atoms with E-state index in [1.807, 2.05) is 11.8 Å². The summed E-state index contributed by atoms with van der Waals surface area (Å²) < 4.78 is 0. The Morgan fingerprint density at radius 2 is 1.74 bits per heavy atom. The van der Waals surface area contributed by atoms with Crippen LogP contribution >= 0.6 is 0 Å². The Labute approximate surface area is 116 Å². The molecule has 2 unspecified atom stereocenters. The Morgan fingerprint density at radius 3 is 2.37 bits per heavy atom. The molecule has 1 amide bonds. The average molecular weight is 263 g/mol. The molecule has 0 saturated carbocycles. The van der Waals surface area contributed by atoms with E-state index in [-0.39, 0.29) is 18.0 Å². The fraction of sp³-hybridized carbons (Fsp3) is 0.867. The molecule has 4 nitrogen and oxygen atoms in total. The molecular formula is C15H25N3O. The summed E-state index contributed by atoms with van der Waals surface area (Å²) in [5.74, 6) is 0.226. The highest BCUT2D eigenvalue weighted by molar-refractivity contribution is 5.81. The molecule has 2 aliphatic rings. The molecule has 0 spiro atoms. The van der Waals surface area contributed by atoms with Crippen molar-refractivity contribution >= 4 is 5.91 Å². The number of carbonyl (C=O) groups is 1. The van der Waals surface area contributed by atoms with Gasteiger partial charge < -0.3 is 4.90 Å². The first-order valence-electron chi connectivity index (χ1n) is 7.68. The second-order valence-corrected chi connectivity index (χ2v) is 5.79. The SMILES string of the molecule is CC(C(=O)N1CCCCCC1)N1CCCCC1C#N. The van der Waals surface area contributed by atoms with Gasteiger partial charge in [0.2, 0.25) is 5.91 Å². The molecule has 2 rings (SSSR count). The number of hydrogen-bond donors (Lipinski definition) is 0. The third-order valence-electron chi connectivity index (χ3n) is 4.47. The van der Waals surface area contributed by atoms with Gasteiger partial charge in [-0.2, -0.15) is 5.26 Å². The number of hydrogen-bond acceptors (Lipinski definition) is 3. The van der Waals surface area contributed by atoms with Crippen molar-refractivity contribution in [2.75, 3.05) is 19.6 Å². The van der Waals surface area contributed by atoms with E-state index in [1.54, 1.807) is 0 Å². The predicted octanol–water partition coefficient (Wildman–Crippen LogP) is 2.16. The maximum atomic E-state index is 12.6. The highest BCUT2D eigenvalue weighted by Crippen LogP contribution is 2.21. The van der Waals surface area contributed by atoms with Crippen molar-refractivity contribution < 1.29 is 4.79 Å². The predicted molar refractivity (Wildman–Crippen MR) is 74.5 cm³/mol. The normalized spacial score (nSPS) is 27.4. The topological polar surface area (TPSA) is 47.3 Å². The van der Waals surface area contributed by atoms with Gasteiger partial charge in [0, 0.05) is 19.6 Å². The molecule has 0 aromatic carbocycles. The van der Waals surface area contributed by atoms with Crippen LogP contribution in [-0.2, 0) is 4.79 Å². The monoisotopic (exact) mass is 263 g/mol. The third kappa shape index (κ3) is 3.48. The van der Waals surface area contributed by atoms with Crippen molar-refractivity contribution in [1.29, 1.82) is 5.26 Å². The largest absolute Gasteiger partial charge is 0.341 e. The summed E-state index contributed by atoms with van der Waals surface area (Å²) in [6.07, 6.45) is 7.86. The van der Waals surface area contributed by atoms with Gasteiger partial charge in [0.05, 0.1) is 18.2 Å². The number of nitriles is 1. The third-order valence-corrected chi connectivity index (χ3v) is 4.47. The Morgan fingerprint density at radius 1 is 1.11 bits per heavy atom. The molecule has 2 heterocycles. The molecular weight excluding hydrogens is 238 g/mol. The van der Waals surface area contributed by atoms with Crippen molar-refractivity contribution in [1.82, 2.24) is 9.80 Å². The van der Waals surface area contributed by atoms with Crippen LogP contribution in [0.3, 0.4) is 0 Å². The molecule has 2 fully saturated rings. The molecule has 0 bridgehead atoms. The van der Waals surface area contributed by atoms with Crippen LogP contribution in [0.5, 0.6) is 0 Å². The lowest BCUT2D eigenvalue weighted by molar-refractivity contribution is -0.137. The van der Waals surface area contributed by atoms with Crippen molar-refractivity contribution in [3.8, 4) is 6.07 Å². The molecule has 4 heteroatoms. The van der Waals surface area contributed by atoms with Crippen molar-refractivity contribution in [3.05, 3.63) is 0 Å². The Bertz CT molecular complexity index is 342. The van der Waals surface area contributed by atoms with Gasteiger partial charge >= 0.3 is 0 Å². The number of carbonyl (C=O) groups excluding carboxylic acids is 1. The lowest BCUT2D eigenvalue weighted by Gasteiger charge is -2.37. The molecule has 0 aromatic rings. The Balaban J connectivity index is 1.98. The van der Waals surface area contributed by atoms with Crippen LogP contribution in [-0.4, -0.2) is 47.4 Å². The Kier molecular flexibility index (Phi) is 5.21. The minimum absolute atomic E-state index is 0.0697. The second kappa shape index (κ2) is 6.91. The zero-order chi connectivity index (χ0) is 13.7. The van der Waals surface area contributed by atoms with Gasteiger partial charge in [-0.3, -0.25) is 9.69 Å². The smallest absolute Gasteiger partial charge is 0.239 e. The lowest BCUT2D eigenvalue weighted by atomic mass is 10.0. The minimum Gasteiger partial charge on any atom is -0.341 e. The van der Waals surface area contributed by atoms with E-state index < -0.39 is 0 Å². The summed E-state index contributed by atoms with van der Waals surface area (Å²) in [7, 11) is 0. The molecule has 0 radical (unpaired) electrons. The van der Waals surface area contributed by atoms with Gasteiger partial charge in [-0.15, -0.1) is 0 Å². The summed E-state index contributed by atoms with van der Waals surface area (Å²) in [4.78, 5) is 16.7. The first kappa shape index (κ1) is 14.3. The highest BCUT2D eigenvalue weighted by Gasteiger charge is 2.32. The quantitative estimate of drug-likeness (QED) is 0.767. The number of amides is 1. The van der Waals surface area contributed by atoms with E-state index >= 15 is 0 Å². The number of likely N-dealkylation sites (tertiary alicyclic amines) is 2. The zero-order valence-electron chi connectivity index (χ0n) is 12.0. The average Bonchev–Trinajstić information content (AvgIpc) is 2.74. The van der Waals surface area contributed by atoms with E-state index in [2.05, 4.69) is 11.0 Å². The number of rotatable bonds is 2. The molecule has 0 N–H and O–H groups in total. The first-order valence-corrected chi connectivity index (χ1v) is 7.68. The van der Waals surface area contributed by atoms with Gasteiger partial charge in [0.25, 0.3) is 0 Å². The Hall–Kier alpha value is -1.08. The van der Waals surface area contributed by atoms with Gasteiger partial charge in [-0.25, -0.2) is 0 Å². The van der Waals surface area contributed by atoms with E-state index in [0.29, 0.717) is 0 Å². The van der Waals surface area contributed by atoms with Crippen molar-refractivity contribution in [2.45, 2.75) is 64.0 Å².